The average molecular weight is 284 g/mol. The molecular formula is C17H24N4. The topological polar surface area (TPSA) is 41.0 Å². The maximum absolute atomic E-state index is 4.72. The van der Waals surface area contributed by atoms with Gasteiger partial charge in [-0.15, -0.1) is 0 Å². The van der Waals surface area contributed by atoms with Gasteiger partial charge in [0.15, 0.2) is 0 Å². The van der Waals surface area contributed by atoms with Gasteiger partial charge in [0.1, 0.15) is 17.5 Å². The second-order valence-electron chi connectivity index (χ2n) is 6.28. The van der Waals surface area contributed by atoms with Gasteiger partial charge in [-0.25, -0.2) is 9.97 Å². The van der Waals surface area contributed by atoms with E-state index < -0.39 is 0 Å². The zero-order valence-electron chi connectivity index (χ0n) is 13.5. The molecule has 1 aromatic carbocycles. The monoisotopic (exact) mass is 284 g/mol. The van der Waals surface area contributed by atoms with Crippen molar-refractivity contribution >= 4 is 11.6 Å². The van der Waals surface area contributed by atoms with Crippen LogP contribution in [0.4, 0.5) is 11.6 Å². The van der Waals surface area contributed by atoms with E-state index in [2.05, 4.69) is 67.3 Å². The Bertz CT molecular complexity index is 587. The van der Waals surface area contributed by atoms with Crippen molar-refractivity contribution in [3.63, 3.8) is 0 Å². The molecule has 21 heavy (non-hydrogen) atoms. The summed E-state index contributed by atoms with van der Waals surface area (Å²) in [7, 11) is 3.94. The molecule has 0 unspecified atom stereocenters. The minimum atomic E-state index is -0.0742. The van der Waals surface area contributed by atoms with Crippen LogP contribution in [0.25, 0.3) is 0 Å². The third-order valence-corrected chi connectivity index (χ3v) is 3.29. The molecule has 0 aliphatic carbocycles. The Hall–Kier alpha value is -2.10. The molecule has 0 bridgehead atoms. The molecule has 2 rings (SSSR count). The van der Waals surface area contributed by atoms with E-state index in [9.17, 15) is 0 Å². The number of nitrogens with one attached hydrogen (secondary N) is 1. The molecule has 0 fully saturated rings. The molecule has 0 aliphatic heterocycles. The number of rotatable bonds is 4. The SMILES string of the molecule is CNc1cc(N(C)Cc2ccccc2)nc(C(C)(C)C)n1. The van der Waals surface area contributed by atoms with Crippen LogP contribution in [-0.4, -0.2) is 24.1 Å². The fraction of sp³-hybridized carbons (Fsp3) is 0.412. The van der Waals surface area contributed by atoms with E-state index in [0.29, 0.717) is 0 Å². The maximum Gasteiger partial charge on any atom is 0.138 e. The molecule has 0 spiro atoms. The molecule has 1 heterocycles. The van der Waals surface area contributed by atoms with E-state index in [1.165, 1.54) is 5.56 Å². The summed E-state index contributed by atoms with van der Waals surface area (Å²) < 4.78 is 0. The minimum absolute atomic E-state index is 0.0742. The average Bonchev–Trinajstić information content (AvgIpc) is 2.46. The van der Waals surface area contributed by atoms with Crippen molar-refractivity contribution in [2.45, 2.75) is 32.7 Å². The van der Waals surface area contributed by atoms with Crippen molar-refractivity contribution in [2.75, 3.05) is 24.3 Å². The van der Waals surface area contributed by atoms with Crippen LogP contribution in [0.2, 0.25) is 0 Å². The Morgan fingerprint density at radius 2 is 1.76 bits per heavy atom. The van der Waals surface area contributed by atoms with Gasteiger partial charge in [-0.2, -0.15) is 0 Å². The zero-order valence-corrected chi connectivity index (χ0v) is 13.5. The van der Waals surface area contributed by atoms with Crippen LogP contribution in [0.3, 0.4) is 0 Å². The van der Waals surface area contributed by atoms with Crippen LogP contribution in [0.5, 0.6) is 0 Å². The van der Waals surface area contributed by atoms with Crippen molar-refractivity contribution in [1.82, 2.24) is 9.97 Å². The summed E-state index contributed by atoms with van der Waals surface area (Å²) in [4.78, 5) is 11.4. The summed E-state index contributed by atoms with van der Waals surface area (Å²) in [6, 6.07) is 12.4. The first-order chi connectivity index (χ1) is 9.90. The second kappa shape index (κ2) is 6.12. The maximum atomic E-state index is 4.72. The Balaban J connectivity index is 2.30. The molecule has 1 N–H and O–H groups in total. The summed E-state index contributed by atoms with van der Waals surface area (Å²) in [5, 5.41) is 3.12. The van der Waals surface area contributed by atoms with Crippen LogP contribution >= 0.6 is 0 Å². The van der Waals surface area contributed by atoms with E-state index >= 15 is 0 Å². The van der Waals surface area contributed by atoms with Crippen LogP contribution < -0.4 is 10.2 Å². The molecule has 0 atom stereocenters. The lowest BCUT2D eigenvalue weighted by molar-refractivity contribution is 0.545. The molecule has 0 saturated carbocycles. The predicted octanol–water partition coefficient (Wildman–Crippen LogP) is 3.45. The summed E-state index contributed by atoms with van der Waals surface area (Å²) in [6.07, 6.45) is 0. The minimum Gasteiger partial charge on any atom is -0.373 e. The van der Waals surface area contributed by atoms with Gasteiger partial charge in [0, 0.05) is 32.1 Å². The highest BCUT2D eigenvalue weighted by atomic mass is 15.2. The Kier molecular flexibility index (Phi) is 4.46. The van der Waals surface area contributed by atoms with Gasteiger partial charge < -0.3 is 10.2 Å². The number of aromatic nitrogens is 2. The molecule has 0 saturated heterocycles. The van der Waals surface area contributed by atoms with Crippen molar-refractivity contribution < 1.29 is 0 Å². The highest BCUT2D eigenvalue weighted by Gasteiger charge is 2.20. The lowest BCUT2D eigenvalue weighted by Crippen LogP contribution is -2.22. The van der Waals surface area contributed by atoms with E-state index in [1.807, 2.05) is 19.2 Å². The lowest BCUT2D eigenvalue weighted by atomic mass is 9.96. The van der Waals surface area contributed by atoms with Crippen LogP contribution in [0.1, 0.15) is 32.2 Å². The molecule has 0 amide bonds. The highest BCUT2D eigenvalue weighted by molar-refractivity contribution is 5.49. The number of nitrogens with zero attached hydrogens (tertiary/aromatic N) is 3. The summed E-state index contributed by atoms with van der Waals surface area (Å²) in [5.41, 5.74) is 1.19. The first-order valence-electron chi connectivity index (χ1n) is 7.22. The molecule has 0 radical (unpaired) electrons. The van der Waals surface area contributed by atoms with E-state index in [-0.39, 0.29) is 5.41 Å². The molecule has 112 valence electrons. The van der Waals surface area contributed by atoms with Crippen molar-refractivity contribution in [2.24, 2.45) is 0 Å². The van der Waals surface area contributed by atoms with Crippen molar-refractivity contribution in [1.29, 1.82) is 0 Å². The van der Waals surface area contributed by atoms with Crippen LogP contribution in [0.15, 0.2) is 36.4 Å². The lowest BCUT2D eigenvalue weighted by Gasteiger charge is -2.23. The normalized spacial score (nSPS) is 11.3. The van der Waals surface area contributed by atoms with Gasteiger partial charge in [0.25, 0.3) is 0 Å². The third kappa shape index (κ3) is 3.94. The fourth-order valence-corrected chi connectivity index (χ4v) is 2.03. The number of hydrogen-bond donors (Lipinski definition) is 1. The quantitative estimate of drug-likeness (QED) is 0.933. The molecule has 2 aromatic rings. The molecule has 0 aliphatic rings. The second-order valence-corrected chi connectivity index (χ2v) is 6.28. The molecule has 4 heteroatoms. The predicted molar refractivity (Wildman–Crippen MR) is 88.8 cm³/mol. The van der Waals surface area contributed by atoms with Gasteiger partial charge in [0.05, 0.1) is 0 Å². The summed E-state index contributed by atoms with van der Waals surface area (Å²) in [5.74, 6) is 2.64. The van der Waals surface area contributed by atoms with Gasteiger partial charge in [-0.1, -0.05) is 51.1 Å². The van der Waals surface area contributed by atoms with Gasteiger partial charge in [0.2, 0.25) is 0 Å². The Morgan fingerprint density at radius 1 is 1.10 bits per heavy atom. The Morgan fingerprint density at radius 3 is 2.33 bits per heavy atom. The zero-order chi connectivity index (χ0) is 15.5. The fourth-order valence-electron chi connectivity index (χ4n) is 2.03. The summed E-state index contributed by atoms with van der Waals surface area (Å²) >= 11 is 0. The summed E-state index contributed by atoms with van der Waals surface area (Å²) in [6.45, 7) is 7.21. The first kappa shape index (κ1) is 15.3. The van der Waals surface area contributed by atoms with Crippen LogP contribution in [-0.2, 0) is 12.0 Å². The third-order valence-electron chi connectivity index (χ3n) is 3.29. The number of anilines is 2. The first-order valence-corrected chi connectivity index (χ1v) is 7.22. The van der Waals surface area contributed by atoms with Crippen molar-refractivity contribution in [3.8, 4) is 0 Å². The number of benzene rings is 1. The highest BCUT2D eigenvalue weighted by Crippen LogP contribution is 2.24. The number of hydrogen-bond acceptors (Lipinski definition) is 4. The Labute approximate surface area is 127 Å². The largest absolute Gasteiger partial charge is 0.373 e. The smallest absolute Gasteiger partial charge is 0.138 e. The molecule has 1 aromatic heterocycles. The van der Waals surface area contributed by atoms with E-state index in [4.69, 9.17) is 4.98 Å². The standard InChI is InChI=1S/C17H24N4/c1-17(2,3)16-19-14(18-4)11-15(20-16)21(5)12-13-9-7-6-8-10-13/h6-11H,12H2,1-5H3,(H,18,19,20). The van der Waals surface area contributed by atoms with Crippen LogP contribution in [0, 0.1) is 0 Å². The van der Waals surface area contributed by atoms with Gasteiger partial charge in [-0.05, 0) is 5.56 Å². The van der Waals surface area contributed by atoms with E-state index in [1.54, 1.807) is 0 Å². The van der Waals surface area contributed by atoms with E-state index in [0.717, 1.165) is 24.0 Å². The van der Waals surface area contributed by atoms with Gasteiger partial charge in [-0.3, -0.25) is 0 Å². The van der Waals surface area contributed by atoms with Crippen molar-refractivity contribution in [3.05, 3.63) is 47.8 Å². The molecule has 4 nitrogen and oxygen atoms in total. The molecular weight excluding hydrogens is 260 g/mol. The van der Waals surface area contributed by atoms with Gasteiger partial charge >= 0.3 is 0 Å².